The fourth-order valence-electron chi connectivity index (χ4n) is 2.10. The van der Waals surface area contributed by atoms with Crippen LogP contribution in [0.25, 0.3) is 0 Å². The van der Waals surface area contributed by atoms with Crippen molar-refractivity contribution in [2.24, 2.45) is 0 Å². The van der Waals surface area contributed by atoms with Crippen LogP contribution in [0.15, 0.2) is 28.1 Å². The molecule has 1 atom stereocenters. The lowest BCUT2D eigenvalue weighted by molar-refractivity contribution is -0.385. The largest absolute Gasteiger partial charge is 0.377 e. The van der Waals surface area contributed by atoms with Crippen LogP contribution < -0.4 is 5.32 Å². The fraction of sp³-hybridized carbons (Fsp3) is 0.286. The first kappa shape index (κ1) is 15.0. The molecular formula is C14H15BrN2O2S. The van der Waals surface area contributed by atoms with Gasteiger partial charge < -0.3 is 5.32 Å². The highest BCUT2D eigenvalue weighted by atomic mass is 79.9. The molecule has 1 heterocycles. The van der Waals surface area contributed by atoms with Crippen molar-refractivity contribution in [2.75, 3.05) is 5.32 Å². The maximum atomic E-state index is 11.0. The summed E-state index contributed by atoms with van der Waals surface area (Å²) in [5, 5.41) is 16.4. The minimum Gasteiger partial charge on any atom is -0.377 e. The molecule has 0 spiro atoms. The number of nitro groups is 1. The number of thiophene rings is 1. The van der Waals surface area contributed by atoms with Crippen molar-refractivity contribution < 1.29 is 4.92 Å². The van der Waals surface area contributed by atoms with Crippen LogP contribution in [0, 0.1) is 24.0 Å². The highest BCUT2D eigenvalue weighted by molar-refractivity contribution is 9.10. The number of rotatable bonds is 4. The number of nitro benzene ring substituents is 1. The van der Waals surface area contributed by atoms with Gasteiger partial charge in [0.25, 0.3) is 5.69 Å². The number of aryl methyl sites for hydroxylation is 2. The van der Waals surface area contributed by atoms with Gasteiger partial charge in [-0.15, -0.1) is 11.3 Å². The highest BCUT2D eigenvalue weighted by Crippen LogP contribution is 2.34. The van der Waals surface area contributed by atoms with Crippen molar-refractivity contribution in [3.63, 3.8) is 0 Å². The molecule has 0 aliphatic heterocycles. The monoisotopic (exact) mass is 354 g/mol. The summed E-state index contributed by atoms with van der Waals surface area (Å²) in [5.74, 6) is 0. The van der Waals surface area contributed by atoms with Gasteiger partial charge in [-0.25, -0.2) is 0 Å². The van der Waals surface area contributed by atoms with Crippen LogP contribution in [-0.2, 0) is 0 Å². The van der Waals surface area contributed by atoms with E-state index in [1.807, 2.05) is 0 Å². The normalized spacial score (nSPS) is 12.2. The minimum absolute atomic E-state index is 0.105. The Kier molecular flexibility index (Phi) is 4.45. The van der Waals surface area contributed by atoms with Crippen LogP contribution in [0.1, 0.15) is 29.0 Å². The van der Waals surface area contributed by atoms with Gasteiger partial charge in [-0.1, -0.05) is 0 Å². The molecule has 0 radical (unpaired) electrons. The standard InChI is InChI=1S/C14H15BrN2O2S/c1-8-4-5-20-14(8)10(3)16-12-7-13(17(18)19)9(2)6-11(12)15/h4-7,10,16H,1-3H3. The van der Waals surface area contributed by atoms with Crippen molar-refractivity contribution in [1.82, 2.24) is 0 Å². The van der Waals surface area contributed by atoms with Gasteiger partial charge in [0.05, 0.1) is 16.7 Å². The lowest BCUT2D eigenvalue weighted by atomic mass is 10.1. The molecule has 6 heteroatoms. The maximum Gasteiger partial charge on any atom is 0.274 e. The third-order valence-electron chi connectivity index (χ3n) is 3.15. The number of benzene rings is 1. The average molecular weight is 355 g/mol. The number of nitrogens with one attached hydrogen (secondary N) is 1. The van der Waals surface area contributed by atoms with Crippen molar-refractivity contribution in [1.29, 1.82) is 0 Å². The number of halogens is 1. The summed E-state index contributed by atoms with van der Waals surface area (Å²) >= 11 is 5.14. The van der Waals surface area contributed by atoms with Gasteiger partial charge in [-0.05, 0) is 59.8 Å². The van der Waals surface area contributed by atoms with E-state index in [9.17, 15) is 10.1 Å². The molecule has 4 nitrogen and oxygen atoms in total. The van der Waals surface area contributed by atoms with Crippen LogP contribution in [0.3, 0.4) is 0 Å². The van der Waals surface area contributed by atoms with Gasteiger partial charge in [-0.2, -0.15) is 0 Å². The Morgan fingerprint density at radius 1 is 1.35 bits per heavy atom. The van der Waals surface area contributed by atoms with Crippen molar-refractivity contribution in [2.45, 2.75) is 26.8 Å². The predicted octanol–water partition coefficient (Wildman–Crippen LogP) is 5.21. The van der Waals surface area contributed by atoms with Gasteiger partial charge >= 0.3 is 0 Å². The van der Waals surface area contributed by atoms with Crippen LogP contribution >= 0.6 is 27.3 Å². The van der Waals surface area contributed by atoms with E-state index in [0.717, 1.165) is 10.2 Å². The number of anilines is 1. The second kappa shape index (κ2) is 5.93. The molecule has 0 bridgehead atoms. The Hall–Kier alpha value is -1.40. The van der Waals surface area contributed by atoms with E-state index in [0.29, 0.717) is 5.56 Å². The lowest BCUT2D eigenvalue weighted by Gasteiger charge is -2.16. The van der Waals surface area contributed by atoms with Crippen molar-refractivity contribution in [3.05, 3.63) is 54.2 Å². The summed E-state index contributed by atoms with van der Waals surface area (Å²) in [6.07, 6.45) is 0. The Bertz CT molecular complexity index is 655. The molecule has 0 fully saturated rings. The first-order chi connectivity index (χ1) is 9.40. The average Bonchev–Trinajstić information content (AvgIpc) is 2.78. The Labute approximate surface area is 130 Å². The number of hydrogen-bond acceptors (Lipinski definition) is 4. The summed E-state index contributed by atoms with van der Waals surface area (Å²) in [6, 6.07) is 5.53. The molecule has 2 aromatic rings. The fourth-order valence-corrected chi connectivity index (χ4v) is 3.60. The Morgan fingerprint density at radius 3 is 2.60 bits per heavy atom. The van der Waals surface area contributed by atoms with E-state index >= 15 is 0 Å². The molecule has 1 aromatic heterocycles. The van der Waals surface area contributed by atoms with E-state index in [2.05, 4.69) is 46.5 Å². The summed E-state index contributed by atoms with van der Waals surface area (Å²) in [4.78, 5) is 11.9. The van der Waals surface area contributed by atoms with Gasteiger partial charge in [-0.3, -0.25) is 10.1 Å². The third-order valence-corrected chi connectivity index (χ3v) is 5.01. The first-order valence-electron chi connectivity index (χ1n) is 6.15. The molecule has 1 aromatic carbocycles. The Balaban J connectivity index is 2.32. The van der Waals surface area contributed by atoms with Crippen LogP contribution in [0.2, 0.25) is 0 Å². The van der Waals surface area contributed by atoms with Gasteiger partial charge in [0.15, 0.2) is 0 Å². The summed E-state index contributed by atoms with van der Waals surface area (Å²) in [7, 11) is 0. The molecule has 2 rings (SSSR count). The third kappa shape index (κ3) is 3.02. The summed E-state index contributed by atoms with van der Waals surface area (Å²) in [5.41, 5.74) is 2.74. The molecule has 0 aliphatic rings. The molecule has 106 valence electrons. The van der Waals surface area contributed by atoms with Gasteiger partial charge in [0.1, 0.15) is 0 Å². The van der Waals surface area contributed by atoms with E-state index in [4.69, 9.17) is 0 Å². The molecule has 1 unspecified atom stereocenters. The van der Waals surface area contributed by atoms with Crippen molar-refractivity contribution in [3.8, 4) is 0 Å². The first-order valence-corrected chi connectivity index (χ1v) is 7.82. The second-order valence-corrected chi connectivity index (χ2v) is 6.51. The Morgan fingerprint density at radius 2 is 2.05 bits per heavy atom. The lowest BCUT2D eigenvalue weighted by Crippen LogP contribution is -2.07. The van der Waals surface area contributed by atoms with Crippen molar-refractivity contribution >= 4 is 38.6 Å². The zero-order valence-corrected chi connectivity index (χ0v) is 13.8. The topological polar surface area (TPSA) is 55.2 Å². The van der Waals surface area contributed by atoms with Gasteiger partial charge in [0.2, 0.25) is 0 Å². The van der Waals surface area contributed by atoms with E-state index < -0.39 is 0 Å². The van der Waals surface area contributed by atoms with E-state index in [-0.39, 0.29) is 16.7 Å². The molecule has 0 saturated carbocycles. The zero-order valence-electron chi connectivity index (χ0n) is 11.4. The smallest absolute Gasteiger partial charge is 0.274 e. The summed E-state index contributed by atoms with van der Waals surface area (Å²) < 4.78 is 0.835. The molecule has 1 N–H and O–H groups in total. The van der Waals surface area contributed by atoms with Crippen LogP contribution in [0.4, 0.5) is 11.4 Å². The van der Waals surface area contributed by atoms with Crippen LogP contribution in [0.5, 0.6) is 0 Å². The van der Waals surface area contributed by atoms with E-state index in [1.165, 1.54) is 10.4 Å². The summed E-state index contributed by atoms with van der Waals surface area (Å²) in [6.45, 7) is 5.85. The number of nitrogens with zero attached hydrogens (tertiary/aromatic N) is 1. The van der Waals surface area contributed by atoms with Gasteiger partial charge in [0, 0.05) is 21.0 Å². The molecular weight excluding hydrogens is 340 g/mol. The molecule has 0 saturated heterocycles. The zero-order chi connectivity index (χ0) is 14.9. The molecule has 0 amide bonds. The SMILES string of the molecule is Cc1cc(Br)c(NC(C)c2sccc2C)cc1[N+](=O)[O-]. The number of hydrogen-bond donors (Lipinski definition) is 1. The molecule has 0 aliphatic carbocycles. The highest BCUT2D eigenvalue weighted by Gasteiger charge is 2.17. The maximum absolute atomic E-state index is 11.0. The van der Waals surface area contributed by atoms with Crippen LogP contribution in [-0.4, -0.2) is 4.92 Å². The molecule has 20 heavy (non-hydrogen) atoms. The minimum atomic E-state index is -0.353. The van der Waals surface area contributed by atoms with E-state index in [1.54, 1.807) is 30.4 Å². The quantitative estimate of drug-likeness (QED) is 0.605. The second-order valence-electron chi connectivity index (χ2n) is 4.71. The predicted molar refractivity (Wildman–Crippen MR) is 86.6 cm³/mol.